The van der Waals surface area contributed by atoms with Crippen molar-refractivity contribution < 1.29 is 4.74 Å². The van der Waals surface area contributed by atoms with Gasteiger partial charge in [0.15, 0.2) is 0 Å². The highest BCUT2D eigenvalue weighted by atomic mass is 79.9. The smallest absolute Gasteiger partial charge is 0.138 e. The third kappa shape index (κ3) is 3.14. The molecule has 0 radical (unpaired) electrons. The van der Waals surface area contributed by atoms with Gasteiger partial charge < -0.3 is 4.74 Å². The van der Waals surface area contributed by atoms with E-state index in [4.69, 9.17) is 4.74 Å². The summed E-state index contributed by atoms with van der Waals surface area (Å²) in [5.74, 6) is 0.905. The zero-order valence-electron chi connectivity index (χ0n) is 11.4. The molecule has 3 aromatic carbocycles. The molecule has 0 aliphatic heterocycles. The van der Waals surface area contributed by atoms with E-state index in [0.717, 1.165) is 21.1 Å². The maximum Gasteiger partial charge on any atom is 0.138 e. The second-order valence-corrected chi connectivity index (χ2v) is 6.20. The van der Waals surface area contributed by atoms with Gasteiger partial charge in [0.1, 0.15) is 12.4 Å². The molecule has 0 aliphatic carbocycles. The van der Waals surface area contributed by atoms with E-state index in [0.29, 0.717) is 6.61 Å². The van der Waals surface area contributed by atoms with Crippen molar-refractivity contribution in [3.8, 4) is 5.75 Å². The van der Waals surface area contributed by atoms with E-state index in [1.807, 2.05) is 12.1 Å². The van der Waals surface area contributed by atoms with Crippen molar-refractivity contribution in [3.05, 3.63) is 76.3 Å². The zero-order chi connectivity index (χ0) is 14.7. The van der Waals surface area contributed by atoms with E-state index < -0.39 is 0 Å². The van der Waals surface area contributed by atoms with E-state index in [2.05, 4.69) is 80.4 Å². The van der Waals surface area contributed by atoms with Crippen molar-refractivity contribution >= 4 is 42.6 Å². The van der Waals surface area contributed by atoms with Gasteiger partial charge in [0.05, 0.1) is 4.47 Å². The van der Waals surface area contributed by atoms with Gasteiger partial charge >= 0.3 is 0 Å². The molecule has 3 rings (SSSR count). The predicted molar refractivity (Wildman–Crippen MR) is 95.1 cm³/mol. The first kappa shape index (κ1) is 14.6. The number of hydrogen-bond acceptors (Lipinski definition) is 1. The van der Waals surface area contributed by atoms with E-state index in [9.17, 15) is 0 Å². The molecule has 0 fully saturated rings. The summed E-state index contributed by atoms with van der Waals surface area (Å²) in [7, 11) is 0. The Morgan fingerprint density at radius 2 is 1.52 bits per heavy atom. The Morgan fingerprint density at radius 1 is 0.810 bits per heavy atom. The molecule has 3 heteroatoms. The number of ether oxygens (including phenoxy) is 1. The van der Waals surface area contributed by atoms with E-state index in [1.165, 1.54) is 16.3 Å². The summed E-state index contributed by atoms with van der Waals surface area (Å²) in [6.45, 7) is 0.559. The third-order valence-electron chi connectivity index (χ3n) is 3.44. The first-order chi connectivity index (χ1) is 10.3. The molecule has 0 saturated carbocycles. The van der Waals surface area contributed by atoms with Crippen LogP contribution < -0.4 is 4.74 Å². The van der Waals surface area contributed by atoms with E-state index >= 15 is 0 Å². The van der Waals surface area contributed by atoms with Crippen LogP contribution in [-0.4, -0.2) is 0 Å². The minimum atomic E-state index is 0.559. The normalized spacial score (nSPS) is 10.8. The molecular formula is C18H14Br2O. The van der Waals surface area contributed by atoms with Crippen LogP contribution in [-0.2, 0) is 11.9 Å². The van der Waals surface area contributed by atoms with Crippen LogP contribution in [0.1, 0.15) is 11.1 Å². The maximum absolute atomic E-state index is 6.08. The van der Waals surface area contributed by atoms with Crippen LogP contribution >= 0.6 is 31.9 Å². The molecule has 0 heterocycles. The van der Waals surface area contributed by atoms with Crippen molar-refractivity contribution in [2.75, 3.05) is 0 Å². The van der Waals surface area contributed by atoms with Crippen LogP contribution in [0.5, 0.6) is 5.75 Å². The summed E-state index contributed by atoms with van der Waals surface area (Å²) >= 11 is 7.07. The summed E-state index contributed by atoms with van der Waals surface area (Å²) in [6, 6.07) is 20.8. The Bertz CT molecular complexity index is 763. The molecule has 0 amide bonds. The second kappa shape index (κ2) is 6.63. The van der Waals surface area contributed by atoms with Crippen molar-refractivity contribution in [3.63, 3.8) is 0 Å². The lowest BCUT2D eigenvalue weighted by Gasteiger charge is -2.13. The summed E-state index contributed by atoms with van der Waals surface area (Å²) < 4.78 is 7.06. The predicted octanol–water partition coefficient (Wildman–Crippen LogP) is 6.08. The largest absolute Gasteiger partial charge is 0.487 e. The molecule has 0 N–H and O–H groups in total. The van der Waals surface area contributed by atoms with Gasteiger partial charge in [-0.15, -0.1) is 0 Å². The highest BCUT2D eigenvalue weighted by Crippen LogP contribution is 2.31. The summed E-state index contributed by atoms with van der Waals surface area (Å²) in [5, 5.41) is 3.26. The van der Waals surface area contributed by atoms with Crippen LogP contribution in [0.3, 0.4) is 0 Å². The molecule has 21 heavy (non-hydrogen) atoms. The molecule has 0 unspecified atom stereocenters. The SMILES string of the molecule is BrCc1cccc(Br)c1OCc1cccc2ccccc12. The van der Waals surface area contributed by atoms with E-state index in [1.54, 1.807) is 0 Å². The molecule has 0 atom stereocenters. The minimum Gasteiger partial charge on any atom is -0.487 e. The Labute approximate surface area is 141 Å². The number of para-hydroxylation sites is 1. The average molecular weight is 406 g/mol. The highest BCUT2D eigenvalue weighted by molar-refractivity contribution is 9.10. The Kier molecular flexibility index (Phi) is 4.61. The lowest BCUT2D eigenvalue weighted by atomic mass is 10.1. The third-order valence-corrected chi connectivity index (χ3v) is 4.67. The highest BCUT2D eigenvalue weighted by Gasteiger charge is 2.08. The Morgan fingerprint density at radius 3 is 2.38 bits per heavy atom. The molecule has 106 valence electrons. The number of alkyl halides is 1. The molecule has 0 aromatic heterocycles. The number of halogens is 2. The lowest BCUT2D eigenvalue weighted by Crippen LogP contribution is -1.99. The van der Waals surface area contributed by atoms with Crippen LogP contribution in [0.25, 0.3) is 10.8 Å². The molecule has 0 saturated heterocycles. The standard InChI is InChI=1S/C18H14Br2O/c19-11-14-7-4-10-17(20)18(14)21-12-15-8-3-6-13-5-1-2-9-16(13)15/h1-10H,11-12H2. The Hall–Kier alpha value is -1.32. The molecule has 0 spiro atoms. The molecule has 3 aromatic rings. The fourth-order valence-corrected chi connectivity index (χ4v) is 3.35. The van der Waals surface area contributed by atoms with Gasteiger partial charge in [0.25, 0.3) is 0 Å². The summed E-state index contributed by atoms with van der Waals surface area (Å²) in [5.41, 5.74) is 2.34. The number of hydrogen-bond donors (Lipinski definition) is 0. The summed E-state index contributed by atoms with van der Waals surface area (Å²) in [4.78, 5) is 0. The van der Waals surface area contributed by atoms with Crippen LogP contribution in [0.2, 0.25) is 0 Å². The monoisotopic (exact) mass is 404 g/mol. The topological polar surface area (TPSA) is 9.23 Å². The first-order valence-electron chi connectivity index (χ1n) is 6.72. The summed E-state index contributed by atoms with van der Waals surface area (Å²) in [6.07, 6.45) is 0. The van der Waals surface area contributed by atoms with Gasteiger partial charge in [0.2, 0.25) is 0 Å². The van der Waals surface area contributed by atoms with Gasteiger partial charge in [-0.1, -0.05) is 70.5 Å². The fourth-order valence-electron chi connectivity index (χ4n) is 2.39. The zero-order valence-corrected chi connectivity index (χ0v) is 14.5. The van der Waals surface area contributed by atoms with Crippen molar-refractivity contribution in [1.29, 1.82) is 0 Å². The maximum atomic E-state index is 6.08. The number of fused-ring (bicyclic) bond motifs is 1. The van der Waals surface area contributed by atoms with Crippen LogP contribution in [0.4, 0.5) is 0 Å². The van der Waals surface area contributed by atoms with Crippen molar-refractivity contribution in [2.45, 2.75) is 11.9 Å². The van der Waals surface area contributed by atoms with Gasteiger partial charge in [0, 0.05) is 10.9 Å². The van der Waals surface area contributed by atoms with Crippen LogP contribution in [0, 0.1) is 0 Å². The molecule has 0 aliphatic rings. The van der Waals surface area contributed by atoms with Crippen molar-refractivity contribution in [1.82, 2.24) is 0 Å². The van der Waals surface area contributed by atoms with Gasteiger partial charge in [-0.2, -0.15) is 0 Å². The van der Waals surface area contributed by atoms with Gasteiger partial charge in [-0.05, 0) is 38.3 Å². The van der Waals surface area contributed by atoms with Crippen LogP contribution in [0.15, 0.2) is 65.1 Å². The first-order valence-corrected chi connectivity index (χ1v) is 8.64. The number of benzene rings is 3. The number of rotatable bonds is 4. The minimum absolute atomic E-state index is 0.559. The van der Waals surface area contributed by atoms with E-state index in [-0.39, 0.29) is 0 Å². The van der Waals surface area contributed by atoms with Gasteiger partial charge in [-0.3, -0.25) is 0 Å². The molecule has 1 nitrogen and oxygen atoms in total. The molecule has 0 bridgehead atoms. The Balaban J connectivity index is 1.91. The average Bonchev–Trinajstić information content (AvgIpc) is 2.53. The molecular weight excluding hydrogens is 392 g/mol. The second-order valence-electron chi connectivity index (χ2n) is 4.79. The fraction of sp³-hybridized carbons (Fsp3) is 0.111. The van der Waals surface area contributed by atoms with Crippen molar-refractivity contribution in [2.24, 2.45) is 0 Å². The quantitative estimate of drug-likeness (QED) is 0.478. The lowest BCUT2D eigenvalue weighted by molar-refractivity contribution is 0.303. The van der Waals surface area contributed by atoms with Gasteiger partial charge in [-0.25, -0.2) is 0 Å².